The highest BCUT2D eigenvalue weighted by atomic mass is 16.7. The van der Waals surface area contributed by atoms with E-state index >= 15 is 0 Å². The molecule has 4 rings (SSSR count). The molecule has 0 saturated carbocycles. The number of ether oxygens (including phenoxy) is 2. The van der Waals surface area contributed by atoms with Crippen LogP contribution < -0.4 is 14.4 Å². The topological polar surface area (TPSA) is 43.2 Å². The monoisotopic (exact) mass is 351 g/mol. The van der Waals surface area contributed by atoms with Gasteiger partial charge in [0.2, 0.25) is 12.7 Å². The lowest BCUT2D eigenvalue weighted by Crippen LogP contribution is -3.13. The van der Waals surface area contributed by atoms with Crippen LogP contribution in [0.2, 0.25) is 0 Å². The summed E-state index contributed by atoms with van der Waals surface area (Å²) in [6.07, 6.45) is 3.49. The third-order valence-corrected chi connectivity index (χ3v) is 4.89. The van der Waals surface area contributed by atoms with Crippen LogP contribution >= 0.6 is 0 Å². The summed E-state index contributed by atoms with van der Waals surface area (Å²) in [7, 11) is 0. The summed E-state index contributed by atoms with van der Waals surface area (Å²) in [5.74, 6) is 1.56. The zero-order valence-corrected chi connectivity index (χ0v) is 14.7. The van der Waals surface area contributed by atoms with Crippen LogP contribution in [0.25, 0.3) is 6.08 Å². The molecular formula is C21H23N2O3+. The van der Waals surface area contributed by atoms with Gasteiger partial charge in [-0.1, -0.05) is 36.4 Å². The minimum Gasteiger partial charge on any atom is -0.454 e. The average Bonchev–Trinajstić information content (AvgIpc) is 3.15. The number of nitrogens with one attached hydrogen (secondary N) is 1. The number of hydrogen-bond donors (Lipinski definition) is 1. The SMILES string of the molecule is O=C(/C=C/c1ccc2c(c1)OCO2)N1CC[NH+](Cc2ccccc2)CC1. The van der Waals surface area contributed by atoms with E-state index in [9.17, 15) is 4.79 Å². The maximum absolute atomic E-state index is 12.4. The van der Waals surface area contributed by atoms with E-state index in [1.807, 2.05) is 35.2 Å². The summed E-state index contributed by atoms with van der Waals surface area (Å²) < 4.78 is 10.7. The summed E-state index contributed by atoms with van der Waals surface area (Å²) in [4.78, 5) is 15.9. The molecule has 1 N–H and O–H groups in total. The van der Waals surface area contributed by atoms with E-state index in [1.54, 1.807) is 6.08 Å². The highest BCUT2D eigenvalue weighted by Gasteiger charge is 2.22. The van der Waals surface area contributed by atoms with Crippen molar-refractivity contribution in [1.82, 2.24) is 4.90 Å². The van der Waals surface area contributed by atoms with E-state index in [1.165, 1.54) is 10.5 Å². The van der Waals surface area contributed by atoms with Gasteiger partial charge in [0.15, 0.2) is 11.5 Å². The lowest BCUT2D eigenvalue weighted by Gasteiger charge is -2.31. The van der Waals surface area contributed by atoms with Crippen molar-refractivity contribution in [1.29, 1.82) is 0 Å². The molecule has 0 aromatic heterocycles. The summed E-state index contributed by atoms with van der Waals surface area (Å²) in [5, 5.41) is 0. The predicted molar refractivity (Wildman–Crippen MR) is 99.0 cm³/mol. The van der Waals surface area contributed by atoms with Gasteiger partial charge in [0.25, 0.3) is 0 Å². The second-order valence-electron chi connectivity index (χ2n) is 6.68. The van der Waals surface area contributed by atoms with Crippen molar-refractivity contribution in [2.75, 3.05) is 33.0 Å². The molecule has 1 fully saturated rings. The zero-order valence-electron chi connectivity index (χ0n) is 14.7. The third kappa shape index (κ3) is 3.89. The summed E-state index contributed by atoms with van der Waals surface area (Å²) in [5.41, 5.74) is 2.29. The van der Waals surface area contributed by atoms with Crippen molar-refractivity contribution >= 4 is 12.0 Å². The van der Waals surface area contributed by atoms with Gasteiger partial charge in [0.1, 0.15) is 6.54 Å². The Labute approximate surface area is 153 Å². The van der Waals surface area contributed by atoms with E-state index in [-0.39, 0.29) is 12.7 Å². The molecule has 5 nitrogen and oxygen atoms in total. The van der Waals surface area contributed by atoms with Crippen LogP contribution in [0, 0.1) is 0 Å². The van der Waals surface area contributed by atoms with E-state index in [0.717, 1.165) is 49.8 Å². The van der Waals surface area contributed by atoms with Gasteiger partial charge in [-0.2, -0.15) is 0 Å². The van der Waals surface area contributed by atoms with Crippen LogP contribution in [0.3, 0.4) is 0 Å². The molecule has 0 atom stereocenters. The number of carbonyl (C=O) groups excluding carboxylic acids is 1. The van der Waals surface area contributed by atoms with Gasteiger partial charge < -0.3 is 19.3 Å². The zero-order chi connectivity index (χ0) is 17.8. The first kappa shape index (κ1) is 16.7. The van der Waals surface area contributed by atoms with Crippen molar-refractivity contribution in [3.63, 3.8) is 0 Å². The number of hydrogen-bond acceptors (Lipinski definition) is 3. The first-order chi connectivity index (χ1) is 12.8. The molecular weight excluding hydrogens is 328 g/mol. The van der Waals surface area contributed by atoms with Crippen molar-refractivity contribution in [2.24, 2.45) is 0 Å². The summed E-state index contributed by atoms with van der Waals surface area (Å²) in [6, 6.07) is 16.2. The normalized spacial score (nSPS) is 17.0. The maximum Gasteiger partial charge on any atom is 0.246 e. The molecule has 2 aromatic carbocycles. The van der Waals surface area contributed by atoms with E-state index < -0.39 is 0 Å². The lowest BCUT2D eigenvalue weighted by molar-refractivity contribution is -0.917. The van der Waals surface area contributed by atoms with E-state index in [4.69, 9.17) is 9.47 Å². The second-order valence-corrected chi connectivity index (χ2v) is 6.68. The number of benzene rings is 2. The molecule has 2 aliphatic heterocycles. The molecule has 26 heavy (non-hydrogen) atoms. The minimum atomic E-state index is 0.0708. The fourth-order valence-corrected chi connectivity index (χ4v) is 3.39. The van der Waals surface area contributed by atoms with Gasteiger partial charge in [-0.25, -0.2) is 0 Å². The minimum absolute atomic E-state index is 0.0708. The molecule has 2 aliphatic rings. The number of carbonyl (C=O) groups is 1. The third-order valence-electron chi connectivity index (χ3n) is 4.89. The first-order valence-corrected chi connectivity index (χ1v) is 9.02. The van der Waals surface area contributed by atoms with E-state index in [2.05, 4.69) is 24.3 Å². The van der Waals surface area contributed by atoms with Gasteiger partial charge in [0.05, 0.1) is 26.2 Å². The average molecular weight is 351 g/mol. The van der Waals surface area contributed by atoms with Gasteiger partial charge in [-0.05, 0) is 23.8 Å². The molecule has 1 saturated heterocycles. The van der Waals surface area contributed by atoms with Crippen molar-refractivity contribution in [3.8, 4) is 11.5 Å². The Morgan fingerprint density at radius 1 is 1.04 bits per heavy atom. The second kappa shape index (κ2) is 7.62. The first-order valence-electron chi connectivity index (χ1n) is 9.02. The maximum atomic E-state index is 12.4. The van der Waals surface area contributed by atoms with Crippen molar-refractivity contribution in [3.05, 3.63) is 65.7 Å². The van der Waals surface area contributed by atoms with Gasteiger partial charge in [-0.15, -0.1) is 0 Å². The Hall–Kier alpha value is -2.79. The molecule has 5 heteroatoms. The predicted octanol–water partition coefficient (Wildman–Crippen LogP) is 1.36. The quantitative estimate of drug-likeness (QED) is 0.846. The molecule has 0 spiro atoms. The number of quaternary nitrogens is 1. The Kier molecular flexibility index (Phi) is 4.88. The molecule has 0 unspecified atom stereocenters. The number of amides is 1. The molecule has 0 bridgehead atoms. The van der Waals surface area contributed by atoms with Gasteiger partial charge >= 0.3 is 0 Å². The molecule has 0 aliphatic carbocycles. The van der Waals surface area contributed by atoms with Gasteiger partial charge in [-0.3, -0.25) is 4.79 Å². The Bertz CT molecular complexity index is 796. The van der Waals surface area contributed by atoms with E-state index in [0.29, 0.717) is 0 Å². The Balaban J connectivity index is 1.29. The summed E-state index contributed by atoms with van der Waals surface area (Å²) in [6.45, 7) is 4.85. The lowest BCUT2D eigenvalue weighted by atomic mass is 10.1. The molecule has 134 valence electrons. The Morgan fingerprint density at radius 2 is 1.81 bits per heavy atom. The Morgan fingerprint density at radius 3 is 2.62 bits per heavy atom. The standard InChI is InChI=1S/C21H22N2O3/c24-21(9-7-17-6-8-19-20(14-17)26-16-25-19)23-12-10-22(11-13-23)15-18-4-2-1-3-5-18/h1-9,14H,10-13,15-16H2/p+1/b9-7+. The molecule has 0 radical (unpaired) electrons. The number of fused-ring (bicyclic) bond motifs is 1. The highest BCUT2D eigenvalue weighted by molar-refractivity contribution is 5.91. The highest BCUT2D eigenvalue weighted by Crippen LogP contribution is 2.32. The van der Waals surface area contributed by atoms with Crippen LogP contribution in [0.15, 0.2) is 54.6 Å². The number of rotatable bonds is 4. The van der Waals surface area contributed by atoms with Crippen LogP contribution in [0.4, 0.5) is 0 Å². The van der Waals surface area contributed by atoms with Crippen molar-refractivity contribution in [2.45, 2.75) is 6.54 Å². The van der Waals surface area contributed by atoms with Crippen LogP contribution in [0.5, 0.6) is 11.5 Å². The van der Waals surface area contributed by atoms with Crippen molar-refractivity contribution < 1.29 is 19.2 Å². The fourth-order valence-electron chi connectivity index (χ4n) is 3.39. The number of nitrogens with zero attached hydrogens (tertiary/aromatic N) is 1. The molecule has 1 amide bonds. The number of piperazine rings is 1. The van der Waals surface area contributed by atoms with Crippen LogP contribution in [-0.2, 0) is 11.3 Å². The summed E-state index contributed by atoms with van der Waals surface area (Å²) >= 11 is 0. The molecule has 2 aromatic rings. The smallest absolute Gasteiger partial charge is 0.246 e. The fraction of sp³-hybridized carbons (Fsp3) is 0.286. The molecule has 2 heterocycles. The van der Waals surface area contributed by atoms with Crippen LogP contribution in [0.1, 0.15) is 11.1 Å². The van der Waals surface area contributed by atoms with Crippen LogP contribution in [-0.4, -0.2) is 43.8 Å². The van der Waals surface area contributed by atoms with Gasteiger partial charge in [0, 0.05) is 11.6 Å². The largest absolute Gasteiger partial charge is 0.454 e.